The van der Waals surface area contributed by atoms with Gasteiger partial charge in [-0.15, -0.1) is 0 Å². The number of nitrogens with zero attached hydrogens (tertiary/aromatic N) is 2. The van der Waals surface area contributed by atoms with Crippen molar-refractivity contribution in [1.29, 1.82) is 0 Å². The van der Waals surface area contributed by atoms with E-state index in [1.54, 1.807) is 25.1 Å². The summed E-state index contributed by atoms with van der Waals surface area (Å²) in [6.45, 7) is 1.67. The smallest absolute Gasteiger partial charge is 0.278 e. The summed E-state index contributed by atoms with van der Waals surface area (Å²) in [4.78, 5) is 10.5. The quantitative estimate of drug-likeness (QED) is 0.526. The molecule has 0 atom stereocenters. The topological polar surface area (TPSA) is 67.5 Å². The Labute approximate surface area is 114 Å². The van der Waals surface area contributed by atoms with E-state index in [1.807, 2.05) is 0 Å². The van der Waals surface area contributed by atoms with E-state index in [0.29, 0.717) is 17.0 Å². The maximum atomic E-state index is 12.8. The molecular formula is C14H12FN3O2. The molecule has 0 radical (unpaired) electrons. The number of nitro benzene ring substituents is 1. The maximum absolute atomic E-state index is 12.8. The molecule has 0 heterocycles. The van der Waals surface area contributed by atoms with Crippen LogP contribution in [-0.2, 0) is 0 Å². The maximum Gasteiger partial charge on any atom is 0.278 e. The number of hydrazone groups is 1. The van der Waals surface area contributed by atoms with Gasteiger partial charge in [-0.2, -0.15) is 5.10 Å². The number of rotatable bonds is 4. The summed E-state index contributed by atoms with van der Waals surface area (Å²) < 4.78 is 12.8. The highest BCUT2D eigenvalue weighted by atomic mass is 19.1. The van der Waals surface area contributed by atoms with Gasteiger partial charge in [-0.3, -0.25) is 15.5 Å². The van der Waals surface area contributed by atoms with Crippen molar-refractivity contribution < 1.29 is 9.31 Å². The molecule has 20 heavy (non-hydrogen) atoms. The Balaban J connectivity index is 2.22. The second kappa shape index (κ2) is 5.92. The average Bonchev–Trinajstić information content (AvgIpc) is 2.46. The molecule has 6 heteroatoms. The van der Waals surface area contributed by atoms with Gasteiger partial charge in [0.05, 0.1) is 21.9 Å². The van der Waals surface area contributed by atoms with E-state index in [-0.39, 0.29) is 11.5 Å². The number of benzene rings is 2. The van der Waals surface area contributed by atoms with Gasteiger partial charge < -0.3 is 0 Å². The van der Waals surface area contributed by atoms with E-state index in [4.69, 9.17) is 0 Å². The first-order chi connectivity index (χ1) is 9.58. The van der Waals surface area contributed by atoms with Crippen LogP contribution < -0.4 is 5.43 Å². The Morgan fingerprint density at radius 3 is 2.50 bits per heavy atom. The number of hydrogen-bond donors (Lipinski definition) is 1. The van der Waals surface area contributed by atoms with Crippen LogP contribution >= 0.6 is 0 Å². The predicted octanol–water partition coefficient (Wildman–Crippen LogP) is 3.57. The number of hydrogen-bond acceptors (Lipinski definition) is 4. The molecule has 5 nitrogen and oxygen atoms in total. The van der Waals surface area contributed by atoms with Crippen LogP contribution in [0.3, 0.4) is 0 Å². The van der Waals surface area contributed by atoms with Gasteiger partial charge in [-0.1, -0.05) is 12.1 Å². The zero-order chi connectivity index (χ0) is 14.5. The van der Waals surface area contributed by atoms with E-state index in [2.05, 4.69) is 10.5 Å². The molecule has 0 aromatic heterocycles. The van der Waals surface area contributed by atoms with Crippen molar-refractivity contribution in [2.75, 3.05) is 5.43 Å². The molecule has 0 unspecified atom stereocenters. The lowest BCUT2D eigenvalue weighted by molar-refractivity contribution is -0.385. The molecule has 0 aliphatic rings. The van der Waals surface area contributed by atoms with Crippen LogP contribution in [0.5, 0.6) is 0 Å². The Morgan fingerprint density at radius 1 is 1.20 bits per heavy atom. The van der Waals surface area contributed by atoms with Crippen LogP contribution in [-0.4, -0.2) is 10.6 Å². The van der Waals surface area contributed by atoms with Crippen LogP contribution in [0.1, 0.15) is 12.5 Å². The molecule has 2 aromatic rings. The average molecular weight is 273 g/mol. The van der Waals surface area contributed by atoms with E-state index in [1.165, 1.54) is 30.3 Å². The highest BCUT2D eigenvalue weighted by Crippen LogP contribution is 2.18. The van der Waals surface area contributed by atoms with Gasteiger partial charge in [0.1, 0.15) is 5.82 Å². The van der Waals surface area contributed by atoms with Crippen molar-refractivity contribution >= 4 is 17.1 Å². The first-order valence-electron chi connectivity index (χ1n) is 5.87. The van der Waals surface area contributed by atoms with Crippen molar-refractivity contribution in [3.05, 3.63) is 70.0 Å². The van der Waals surface area contributed by atoms with Crippen molar-refractivity contribution in [3.63, 3.8) is 0 Å². The first-order valence-corrected chi connectivity index (χ1v) is 5.87. The third kappa shape index (κ3) is 3.17. The Hall–Kier alpha value is -2.76. The molecule has 0 saturated carbocycles. The zero-order valence-corrected chi connectivity index (χ0v) is 10.7. The van der Waals surface area contributed by atoms with Crippen LogP contribution in [0.15, 0.2) is 53.6 Å². The minimum Gasteiger partial charge on any atom is -0.278 e. The summed E-state index contributed by atoms with van der Waals surface area (Å²) in [6.07, 6.45) is 0. The van der Waals surface area contributed by atoms with Crippen molar-refractivity contribution in [2.45, 2.75) is 6.92 Å². The highest BCUT2D eigenvalue weighted by molar-refractivity contribution is 6.02. The fourth-order valence-corrected chi connectivity index (χ4v) is 1.67. The monoisotopic (exact) mass is 273 g/mol. The van der Waals surface area contributed by atoms with E-state index in [9.17, 15) is 14.5 Å². The van der Waals surface area contributed by atoms with Crippen molar-refractivity contribution in [2.24, 2.45) is 5.10 Å². The standard InChI is InChI=1S/C14H12FN3O2/c1-10(13-4-2-3-5-14(13)18(19)20)16-17-12-8-6-11(15)7-9-12/h2-9,17H,1H3/b16-10+. The summed E-state index contributed by atoms with van der Waals surface area (Å²) in [6, 6.07) is 12.0. The van der Waals surface area contributed by atoms with Gasteiger partial charge in [-0.05, 0) is 37.3 Å². The molecule has 0 saturated heterocycles. The lowest BCUT2D eigenvalue weighted by Gasteiger charge is -2.04. The third-order valence-corrected chi connectivity index (χ3v) is 2.69. The van der Waals surface area contributed by atoms with Crippen LogP contribution in [0.25, 0.3) is 0 Å². The van der Waals surface area contributed by atoms with Gasteiger partial charge in [0, 0.05) is 6.07 Å². The zero-order valence-electron chi connectivity index (χ0n) is 10.7. The number of halogens is 1. The van der Waals surface area contributed by atoms with Gasteiger partial charge in [0.25, 0.3) is 5.69 Å². The fraction of sp³-hybridized carbons (Fsp3) is 0.0714. The number of anilines is 1. The molecule has 0 aliphatic carbocycles. The molecule has 2 aromatic carbocycles. The summed E-state index contributed by atoms with van der Waals surface area (Å²) in [5, 5.41) is 15.0. The van der Waals surface area contributed by atoms with Gasteiger partial charge >= 0.3 is 0 Å². The van der Waals surface area contributed by atoms with Crippen LogP contribution in [0.2, 0.25) is 0 Å². The largest absolute Gasteiger partial charge is 0.278 e. The minimum absolute atomic E-state index is 0.00495. The third-order valence-electron chi connectivity index (χ3n) is 2.69. The lowest BCUT2D eigenvalue weighted by Crippen LogP contribution is -2.03. The van der Waals surface area contributed by atoms with Gasteiger partial charge in [0.15, 0.2) is 0 Å². The van der Waals surface area contributed by atoms with Crippen LogP contribution in [0.4, 0.5) is 15.8 Å². The van der Waals surface area contributed by atoms with Gasteiger partial charge in [-0.25, -0.2) is 4.39 Å². The number of para-hydroxylation sites is 1. The second-order valence-corrected chi connectivity index (χ2v) is 4.09. The van der Waals surface area contributed by atoms with Gasteiger partial charge in [0.2, 0.25) is 0 Å². The van der Waals surface area contributed by atoms with Crippen molar-refractivity contribution in [1.82, 2.24) is 0 Å². The van der Waals surface area contributed by atoms with Crippen molar-refractivity contribution in [3.8, 4) is 0 Å². The summed E-state index contributed by atoms with van der Waals surface area (Å²) in [5.41, 5.74) is 4.24. The number of nitrogens with one attached hydrogen (secondary N) is 1. The normalized spacial score (nSPS) is 11.2. The lowest BCUT2D eigenvalue weighted by atomic mass is 10.1. The molecular weight excluding hydrogens is 261 g/mol. The Morgan fingerprint density at radius 2 is 1.85 bits per heavy atom. The van der Waals surface area contributed by atoms with E-state index < -0.39 is 4.92 Å². The summed E-state index contributed by atoms with van der Waals surface area (Å²) in [5.74, 6) is -0.338. The molecule has 0 aliphatic heterocycles. The molecule has 1 N–H and O–H groups in total. The second-order valence-electron chi connectivity index (χ2n) is 4.09. The van der Waals surface area contributed by atoms with Crippen LogP contribution in [0, 0.1) is 15.9 Å². The molecule has 102 valence electrons. The summed E-state index contributed by atoms with van der Waals surface area (Å²) >= 11 is 0. The minimum atomic E-state index is -0.452. The molecule has 2 rings (SSSR count). The Kier molecular flexibility index (Phi) is 4.05. The fourth-order valence-electron chi connectivity index (χ4n) is 1.67. The highest BCUT2D eigenvalue weighted by Gasteiger charge is 2.14. The first kappa shape index (κ1) is 13.7. The SMILES string of the molecule is C/C(=N\Nc1ccc(F)cc1)c1ccccc1[N+](=O)[O-]. The number of nitro groups is 1. The molecule has 0 amide bonds. The molecule has 0 bridgehead atoms. The molecule has 0 fully saturated rings. The Bertz CT molecular complexity index is 654. The summed E-state index contributed by atoms with van der Waals surface area (Å²) in [7, 11) is 0. The molecule has 0 spiro atoms. The van der Waals surface area contributed by atoms with E-state index >= 15 is 0 Å². The predicted molar refractivity (Wildman–Crippen MR) is 75.3 cm³/mol. The van der Waals surface area contributed by atoms with E-state index in [0.717, 1.165) is 0 Å².